The average Bonchev–Trinajstić information content (AvgIpc) is 2.79. The zero-order valence-corrected chi connectivity index (χ0v) is 21.1. The first-order chi connectivity index (χ1) is 16.9. The fourth-order valence-corrected chi connectivity index (χ4v) is 5.27. The molecule has 1 N–H and O–H groups in total. The van der Waals surface area contributed by atoms with Crippen LogP contribution in [-0.4, -0.2) is 42.6 Å². The van der Waals surface area contributed by atoms with Crippen molar-refractivity contribution in [3.63, 3.8) is 0 Å². The molecule has 0 saturated carbocycles. The van der Waals surface area contributed by atoms with Crippen LogP contribution in [-0.2, 0) is 25.6 Å². The Morgan fingerprint density at radius 2 is 1.72 bits per heavy atom. The van der Waals surface area contributed by atoms with E-state index in [0.717, 1.165) is 12.3 Å². The first-order valence-corrected chi connectivity index (χ1v) is 14.2. The number of fused-ring (bicyclic) bond motifs is 1. The lowest BCUT2D eigenvalue weighted by molar-refractivity contribution is 0.581. The number of hydrogen-bond acceptors (Lipinski definition) is 8. The van der Waals surface area contributed by atoms with Crippen molar-refractivity contribution >= 4 is 36.7 Å². The van der Waals surface area contributed by atoms with Gasteiger partial charge in [0.1, 0.15) is 17.0 Å². The fourth-order valence-electron chi connectivity index (χ4n) is 3.57. The van der Waals surface area contributed by atoms with Crippen LogP contribution in [0, 0.1) is 5.82 Å². The van der Waals surface area contributed by atoms with E-state index < -0.39 is 42.4 Å². The van der Waals surface area contributed by atoms with Crippen molar-refractivity contribution in [3.8, 4) is 11.3 Å². The maximum atomic E-state index is 14.9. The summed E-state index contributed by atoms with van der Waals surface area (Å²) in [6, 6.07) is 11.6. The molecule has 0 aliphatic rings. The van der Waals surface area contributed by atoms with E-state index in [2.05, 4.69) is 19.7 Å². The van der Waals surface area contributed by atoms with Gasteiger partial charge in [-0.3, -0.25) is 14.1 Å². The van der Waals surface area contributed by atoms with Crippen LogP contribution in [0.25, 0.3) is 22.4 Å². The summed E-state index contributed by atoms with van der Waals surface area (Å²) in [5.41, 5.74) is -0.207. The number of halogens is 1. The van der Waals surface area contributed by atoms with Gasteiger partial charge in [-0.1, -0.05) is 36.4 Å². The summed E-state index contributed by atoms with van der Waals surface area (Å²) < 4.78 is 67.2. The van der Waals surface area contributed by atoms with Crippen LogP contribution in [0.2, 0.25) is 0 Å². The predicted octanol–water partition coefficient (Wildman–Crippen LogP) is 2.92. The molecule has 4 aromatic rings. The molecule has 0 aliphatic carbocycles. The van der Waals surface area contributed by atoms with E-state index in [0.29, 0.717) is 5.56 Å². The van der Waals surface area contributed by atoms with Gasteiger partial charge >= 0.3 is 0 Å². The van der Waals surface area contributed by atoms with Gasteiger partial charge < -0.3 is 0 Å². The largest absolute Gasteiger partial charge is 0.287 e. The minimum Gasteiger partial charge on any atom is -0.287 e. The number of nitrogens with one attached hydrogen (secondary N) is 1. The van der Waals surface area contributed by atoms with Crippen LogP contribution in [0.5, 0.6) is 0 Å². The summed E-state index contributed by atoms with van der Waals surface area (Å²) in [6.07, 6.45) is 2.13. The third-order valence-corrected chi connectivity index (χ3v) is 7.27. The highest BCUT2D eigenvalue weighted by Crippen LogP contribution is 2.25. The summed E-state index contributed by atoms with van der Waals surface area (Å²) in [7, 11) is -7.62. The molecule has 2 aromatic heterocycles. The van der Waals surface area contributed by atoms with Crippen LogP contribution in [0.4, 0.5) is 10.1 Å². The van der Waals surface area contributed by atoms with Gasteiger partial charge in [0.05, 0.1) is 17.6 Å². The summed E-state index contributed by atoms with van der Waals surface area (Å²) in [5, 5.41) is -0.448. The van der Waals surface area contributed by atoms with Crippen molar-refractivity contribution < 1.29 is 21.2 Å². The molecule has 4 rings (SSSR count). The first-order valence-electron chi connectivity index (χ1n) is 10.7. The van der Waals surface area contributed by atoms with Crippen molar-refractivity contribution in [2.24, 2.45) is 0 Å². The highest BCUT2D eigenvalue weighted by Gasteiger charge is 2.21. The normalized spacial score (nSPS) is 12.2. The van der Waals surface area contributed by atoms with E-state index in [1.807, 2.05) is 0 Å². The van der Waals surface area contributed by atoms with Crippen molar-refractivity contribution in [1.29, 1.82) is 0 Å². The van der Waals surface area contributed by atoms with Crippen LogP contribution in [0.1, 0.15) is 25.5 Å². The Morgan fingerprint density at radius 1 is 1.03 bits per heavy atom. The van der Waals surface area contributed by atoms with Gasteiger partial charge in [-0.05, 0) is 31.5 Å². The van der Waals surface area contributed by atoms with Gasteiger partial charge in [0.15, 0.2) is 5.65 Å². The van der Waals surface area contributed by atoms with Crippen LogP contribution >= 0.6 is 0 Å². The van der Waals surface area contributed by atoms with Crippen molar-refractivity contribution in [2.75, 3.05) is 11.0 Å². The summed E-state index contributed by atoms with van der Waals surface area (Å²) in [5.74, 6) is -1.24. The third-order valence-electron chi connectivity index (χ3n) is 5.17. The number of anilines is 1. The minimum absolute atomic E-state index is 0.0277. The standard InChI is InChI=1S/C23H22FN5O5S2/c1-14(2)29-21-19(12-25-23(27-21)35(3,31)32)26-20(22(29)30)16-9-10-18(17(24)11-16)28-36(33,34)13-15-7-5-4-6-8-15/h4-12,14,28H,13H2,1-3H3. The Hall–Kier alpha value is -3.71. The molecule has 0 unspecified atom stereocenters. The van der Waals surface area contributed by atoms with Crippen LogP contribution in [0.3, 0.4) is 0 Å². The second-order valence-electron chi connectivity index (χ2n) is 8.40. The van der Waals surface area contributed by atoms with Crippen molar-refractivity contribution in [1.82, 2.24) is 19.5 Å². The zero-order chi connectivity index (χ0) is 26.3. The maximum absolute atomic E-state index is 14.9. The molecule has 0 amide bonds. The number of rotatable bonds is 7. The monoisotopic (exact) mass is 531 g/mol. The molecule has 188 valence electrons. The van der Waals surface area contributed by atoms with Gasteiger partial charge in [-0.2, -0.15) is 4.98 Å². The number of sulfonamides is 1. The summed E-state index contributed by atoms with van der Waals surface area (Å²) in [6.45, 7) is 3.41. The van der Waals surface area contributed by atoms with E-state index in [9.17, 15) is 26.0 Å². The zero-order valence-electron chi connectivity index (χ0n) is 19.5. The number of sulfone groups is 1. The molecule has 36 heavy (non-hydrogen) atoms. The third kappa shape index (κ3) is 5.26. The molecular formula is C23H22FN5O5S2. The number of benzene rings is 2. The van der Waals surface area contributed by atoms with Gasteiger partial charge in [-0.15, -0.1) is 0 Å². The highest BCUT2D eigenvalue weighted by atomic mass is 32.2. The molecule has 2 heterocycles. The Balaban J connectivity index is 1.75. The molecular weight excluding hydrogens is 509 g/mol. The van der Waals surface area contributed by atoms with Gasteiger partial charge in [0, 0.05) is 17.9 Å². The molecule has 0 fully saturated rings. The second kappa shape index (κ2) is 9.39. The fraction of sp³-hybridized carbons (Fsp3) is 0.217. The maximum Gasteiger partial charge on any atom is 0.278 e. The number of nitrogens with zero attached hydrogens (tertiary/aromatic N) is 4. The Kier molecular flexibility index (Phi) is 6.62. The van der Waals surface area contributed by atoms with E-state index in [-0.39, 0.29) is 33.9 Å². The Labute approximate surface area is 206 Å². The Morgan fingerprint density at radius 3 is 2.33 bits per heavy atom. The first kappa shape index (κ1) is 25.4. The molecule has 13 heteroatoms. The molecule has 0 saturated heterocycles. The smallest absolute Gasteiger partial charge is 0.278 e. The molecule has 2 aromatic carbocycles. The molecule has 10 nitrogen and oxygen atoms in total. The number of aromatic nitrogens is 4. The predicted molar refractivity (Wildman–Crippen MR) is 133 cm³/mol. The van der Waals surface area contributed by atoms with Gasteiger partial charge in [0.2, 0.25) is 25.0 Å². The second-order valence-corrected chi connectivity index (χ2v) is 12.0. The Bertz CT molecular complexity index is 1740. The number of hydrogen-bond donors (Lipinski definition) is 1. The summed E-state index contributed by atoms with van der Waals surface area (Å²) in [4.78, 5) is 25.4. The van der Waals surface area contributed by atoms with E-state index in [4.69, 9.17) is 0 Å². The van der Waals surface area contributed by atoms with Gasteiger partial charge in [-0.25, -0.2) is 31.2 Å². The van der Waals surface area contributed by atoms with Crippen molar-refractivity contribution in [2.45, 2.75) is 30.8 Å². The van der Waals surface area contributed by atoms with Gasteiger partial charge in [0.25, 0.3) is 5.56 Å². The quantitative estimate of drug-likeness (QED) is 0.359. The van der Waals surface area contributed by atoms with E-state index >= 15 is 0 Å². The summed E-state index contributed by atoms with van der Waals surface area (Å²) >= 11 is 0. The van der Waals surface area contributed by atoms with E-state index in [1.54, 1.807) is 44.2 Å². The average molecular weight is 532 g/mol. The highest BCUT2D eigenvalue weighted by molar-refractivity contribution is 7.92. The van der Waals surface area contributed by atoms with Crippen LogP contribution in [0.15, 0.2) is 64.7 Å². The van der Waals surface area contributed by atoms with Crippen molar-refractivity contribution in [3.05, 3.63) is 76.5 Å². The topological polar surface area (TPSA) is 141 Å². The lowest BCUT2D eigenvalue weighted by atomic mass is 10.1. The molecule has 0 bridgehead atoms. The van der Waals surface area contributed by atoms with Crippen LogP contribution < -0.4 is 10.3 Å². The minimum atomic E-state index is -3.90. The molecule has 0 aliphatic heterocycles. The molecule has 0 radical (unpaired) electrons. The molecule has 0 atom stereocenters. The SMILES string of the molecule is CC(C)n1c(=O)c(-c2ccc(NS(=O)(=O)Cc3ccccc3)c(F)c2)nc2cnc(S(C)(=O)=O)nc21. The lowest BCUT2D eigenvalue weighted by Gasteiger charge is -2.15. The molecule has 0 spiro atoms. The van der Waals surface area contributed by atoms with E-state index in [1.165, 1.54) is 22.9 Å². The lowest BCUT2D eigenvalue weighted by Crippen LogP contribution is -2.26.